The van der Waals surface area contributed by atoms with Crippen LogP contribution < -0.4 is 5.32 Å². The topological polar surface area (TPSA) is 81.4 Å². The molecule has 2 amide bonds. The van der Waals surface area contributed by atoms with Crippen LogP contribution in [0, 0.1) is 5.92 Å². The van der Waals surface area contributed by atoms with E-state index in [-0.39, 0.29) is 11.8 Å². The largest absolute Gasteiger partial charge is 0.385 e. The first-order valence-electron chi connectivity index (χ1n) is 16.8. The van der Waals surface area contributed by atoms with Crippen molar-refractivity contribution in [3.8, 4) is 11.1 Å². The highest BCUT2D eigenvalue weighted by atomic mass is 16.5. The minimum Gasteiger partial charge on any atom is -0.385 e. The van der Waals surface area contributed by atoms with Gasteiger partial charge in [0.1, 0.15) is 5.69 Å². The van der Waals surface area contributed by atoms with Gasteiger partial charge in [-0.25, -0.2) is 4.98 Å². The molecule has 0 aliphatic carbocycles. The Labute approximate surface area is 281 Å². The molecular formula is C40H41N5O3. The second kappa shape index (κ2) is 14.3. The minimum absolute atomic E-state index is 0.105. The number of aromatic nitrogens is 3. The maximum absolute atomic E-state index is 13.5. The highest BCUT2D eigenvalue weighted by molar-refractivity contribution is 6.07. The molecule has 0 unspecified atom stereocenters. The fraction of sp³-hybridized carbons (Fsp3) is 0.275. The quantitative estimate of drug-likeness (QED) is 0.155. The lowest BCUT2D eigenvalue weighted by Gasteiger charge is -2.32. The van der Waals surface area contributed by atoms with Gasteiger partial charge in [0.05, 0.1) is 18.6 Å². The Hall–Kier alpha value is -5.21. The van der Waals surface area contributed by atoms with Gasteiger partial charge in [-0.15, -0.1) is 0 Å². The van der Waals surface area contributed by atoms with Gasteiger partial charge in [0.15, 0.2) is 0 Å². The molecule has 1 fully saturated rings. The molecule has 6 aromatic rings. The fourth-order valence-electron chi connectivity index (χ4n) is 6.96. The van der Waals surface area contributed by atoms with Crippen LogP contribution in [0.15, 0.2) is 110 Å². The second-order valence-corrected chi connectivity index (χ2v) is 12.7. The summed E-state index contributed by atoms with van der Waals surface area (Å²) in [5.41, 5.74) is 4.53. The van der Waals surface area contributed by atoms with Crippen LogP contribution in [0.2, 0.25) is 0 Å². The molecule has 0 atom stereocenters. The molecule has 1 aliphatic heterocycles. The highest BCUT2D eigenvalue weighted by Crippen LogP contribution is 2.31. The average molecular weight is 640 g/mol. The molecule has 1 aliphatic rings. The number of carbonyl (C=O) groups is 2. The van der Waals surface area contributed by atoms with Gasteiger partial charge < -0.3 is 24.1 Å². The van der Waals surface area contributed by atoms with Crippen LogP contribution >= 0.6 is 0 Å². The lowest BCUT2D eigenvalue weighted by atomic mass is 9.95. The van der Waals surface area contributed by atoms with E-state index in [0.29, 0.717) is 31.3 Å². The van der Waals surface area contributed by atoms with Crippen molar-refractivity contribution in [2.75, 3.05) is 33.4 Å². The molecule has 7 rings (SSSR count). The molecule has 2 aromatic heterocycles. The van der Waals surface area contributed by atoms with Gasteiger partial charge in [-0.1, -0.05) is 78.9 Å². The zero-order chi connectivity index (χ0) is 32.9. The normalized spacial score (nSPS) is 13.7. The van der Waals surface area contributed by atoms with Crippen molar-refractivity contribution in [2.24, 2.45) is 5.92 Å². The van der Waals surface area contributed by atoms with E-state index >= 15 is 0 Å². The number of nitrogens with zero attached hydrogens (tertiary/aromatic N) is 4. The van der Waals surface area contributed by atoms with E-state index < -0.39 is 0 Å². The first-order valence-corrected chi connectivity index (χ1v) is 16.8. The summed E-state index contributed by atoms with van der Waals surface area (Å²) in [5.74, 6) is 0.428. The number of likely N-dealkylation sites (tertiary alicyclic amines) is 1. The van der Waals surface area contributed by atoms with Crippen molar-refractivity contribution in [2.45, 2.75) is 32.4 Å². The Morgan fingerprint density at radius 2 is 1.58 bits per heavy atom. The Morgan fingerprint density at radius 1 is 0.875 bits per heavy atom. The summed E-state index contributed by atoms with van der Waals surface area (Å²) in [6.45, 7) is 3.94. The van der Waals surface area contributed by atoms with Gasteiger partial charge in [0.25, 0.3) is 11.8 Å². The SMILES string of the molecule is COCCCNC(=O)c1cc(-c2cccc3ccccc23)cn1Cc1cncn1CC1CCN(C(=O)c2cccc3ccccc23)CC1. The molecule has 1 N–H and O–H groups in total. The van der Waals surface area contributed by atoms with Crippen LogP contribution in [0.3, 0.4) is 0 Å². The molecular weight excluding hydrogens is 598 g/mol. The van der Waals surface area contributed by atoms with E-state index in [1.165, 1.54) is 0 Å². The number of nitrogens with one attached hydrogen (secondary N) is 1. The fourth-order valence-corrected chi connectivity index (χ4v) is 6.96. The van der Waals surface area contributed by atoms with E-state index in [2.05, 4.69) is 69.6 Å². The number of carbonyl (C=O) groups excluding carboxylic acids is 2. The molecule has 3 heterocycles. The van der Waals surface area contributed by atoms with Crippen molar-refractivity contribution in [3.63, 3.8) is 0 Å². The number of amides is 2. The summed E-state index contributed by atoms with van der Waals surface area (Å²) in [5, 5.41) is 7.49. The third-order valence-electron chi connectivity index (χ3n) is 9.55. The summed E-state index contributed by atoms with van der Waals surface area (Å²) in [6, 6.07) is 30.7. The number of benzene rings is 4. The third-order valence-corrected chi connectivity index (χ3v) is 9.55. The molecule has 0 spiro atoms. The number of methoxy groups -OCH3 is 1. The van der Waals surface area contributed by atoms with E-state index in [0.717, 1.165) is 82.8 Å². The molecule has 8 heteroatoms. The number of ether oxygens (including phenoxy) is 1. The monoisotopic (exact) mass is 639 g/mol. The van der Waals surface area contributed by atoms with Crippen LogP contribution in [0.5, 0.6) is 0 Å². The maximum Gasteiger partial charge on any atom is 0.267 e. The zero-order valence-corrected chi connectivity index (χ0v) is 27.3. The summed E-state index contributed by atoms with van der Waals surface area (Å²) in [6.07, 6.45) is 8.48. The summed E-state index contributed by atoms with van der Waals surface area (Å²) in [7, 11) is 1.67. The van der Waals surface area contributed by atoms with Crippen molar-refractivity contribution in [1.29, 1.82) is 0 Å². The number of imidazole rings is 1. The molecule has 8 nitrogen and oxygen atoms in total. The average Bonchev–Trinajstić information content (AvgIpc) is 3.76. The van der Waals surface area contributed by atoms with Crippen LogP contribution in [-0.2, 0) is 17.8 Å². The van der Waals surface area contributed by atoms with Crippen LogP contribution in [-0.4, -0.2) is 64.2 Å². The van der Waals surface area contributed by atoms with E-state index in [4.69, 9.17) is 4.74 Å². The molecule has 0 bridgehead atoms. The number of piperidine rings is 1. The van der Waals surface area contributed by atoms with Gasteiger partial charge in [0.2, 0.25) is 0 Å². The lowest BCUT2D eigenvalue weighted by Crippen LogP contribution is -2.39. The van der Waals surface area contributed by atoms with Gasteiger partial charge in [0, 0.05) is 63.4 Å². The molecule has 48 heavy (non-hydrogen) atoms. The highest BCUT2D eigenvalue weighted by Gasteiger charge is 2.26. The predicted octanol–water partition coefficient (Wildman–Crippen LogP) is 7.03. The molecule has 0 radical (unpaired) electrons. The summed E-state index contributed by atoms with van der Waals surface area (Å²) >= 11 is 0. The standard InChI is InChI=1S/C40H41N5O3/c1-48-22-8-19-42-39(46)38-23-32(36-15-6-11-30-9-2-4-13-34(30)36)26-44(38)27-33-24-41-28-45(33)25-29-17-20-43(21-18-29)40(47)37-16-7-12-31-10-3-5-14-35(31)37/h2-7,9-16,23-24,26,28-29H,8,17-22,25,27H2,1H3,(H,42,46). The number of fused-ring (bicyclic) bond motifs is 2. The Morgan fingerprint density at radius 3 is 2.38 bits per heavy atom. The number of hydrogen-bond acceptors (Lipinski definition) is 4. The Balaban J connectivity index is 1.07. The van der Waals surface area contributed by atoms with E-state index in [1.54, 1.807) is 7.11 Å². The Kier molecular flexibility index (Phi) is 9.34. The maximum atomic E-state index is 13.5. The van der Waals surface area contributed by atoms with E-state index in [1.807, 2.05) is 64.5 Å². The van der Waals surface area contributed by atoms with Gasteiger partial charge in [-0.2, -0.15) is 0 Å². The molecule has 244 valence electrons. The minimum atomic E-state index is -0.105. The van der Waals surface area contributed by atoms with Gasteiger partial charge in [-0.05, 0) is 64.4 Å². The van der Waals surface area contributed by atoms with Crippen molar-refractivity contribution >= 4 is 33.4 Å². The predicted molar refractivity (Wildman–Crippen MR) is 190 cm³/mol. The second-order valence-electron chi connectivity index (χ2n) is 12.7. The van der Waals surface area contributed by atoms with Gasteiger partial charge >= 0.3 is 0 Å². The molecule has 4 aromatic carbocycles. The van der Waals surface area contributed by atoms with E-state index in [9.17, 15) is 9.59 Å². The third kappa shape index (κ3) is 6.62. The first kappa shape index (κ1) is 31.4. The summed E-state index contributed by atoms with van der Waals surface area (Å²) < 4.78 is 9.43. The summed E-state index contributed by atoms with van der Waals surface area (Å²) in [4.78, 5) is 33.5. The van der Waals surface area contributed by atoms with Crippen molar-refractivity contribution in [1.82, 2.24) is 24.3 Å². The number of hydrogen-bond donors (Lipinski definition) is 1. The lowest BCUT2D eigenvalue weighted by molar-refractivity contribution is 0.0684. The number of rotatable bonds is 11. The zero-order valence-electron chi connectivity index (χ0n) is 27.3. The Bertz CT molecular complexity index is 2040. The first-order chi connectivity index (χ1) is 23.6. The van der Waals surface area contributed by atoms with Crippen molar-refractivity contribution < 1.29 is 14.3 Å². The van der Waals surface area contributed by atoms with Crippen LogP contribution in [0.4, 0.5) is 0 Å². The molecule has 0 saturated carbocycles. The van der Waals surface area contributed by atoms with Crippen molar-refractivity contribution in [3.05, 3.63) is 127 Å². The molecule has 1 saturated heterocycles. The van der Waals surface area contributed by atoms with Crippen LogP contribution in [0.1, 0.15) is 45.8 Å². The van der Waals surface area contributed by atoms with Crippen LogP contribution in [0.25, 0.3) is 32.7 Å². The smallest absolute Gasteiger partial charge is 0.267 e. The van der Waals surface area contributed by atoms with Gasteiger partial charge in [-0.3, -0.25) is 9.59 Å².